The van der Waals surface area contributed by atoms with E-state index in [2.05, 4.69) is 16.4 Å². The molecule has 3 N–H and O–H groups in total. The van der Waals surface area contributed by atoms with Crippen LogP contribution in [0.2, 0.25) is 0 Å². The van der Waals surface area contributed by atoms with Crippen LogP contribution >= 0.6 is 0 Å². The van der Waals surface area contributed by atoms with E-state index in [0.29, 0.717) is 0 Å². The molecule has 1 aromatic carbocycles. The molecule has 0 bridgehead atoms. The Morgan fingerprint density at radius 3 is 3.00 bits per heavy atom. The Morgan fingerprint density at radius 2 is 2.24 bits per heavy atom. The fourth-order valence-electron chi connectivity index (χ4n) is 1.65. The van der Waals surface area contributed by atoms with Gasteiger partial charge in [0.15, 0.2) is 12.0 Å². The van der Waals surface area contributed by atoms with E-state index in [1.165, 1.54) is 12.0 Å². The van der Waals surface area contributed by atoms with E-state index >= 15 is 0 Å². The van der Waals surface area contributed by atoms with Crippen LogP contribution in [0.25, 0.3) is 11.1 Å². The van der Waals surface area contributed by atoms with Crippen molar-refractivity contribution in [1.82, 2.24) is 10.3 Å². The SMILES string of the molecule is CC(C)(N)CCNCc1ccc2ncoc2c1. The predicted octanol–water partition coefficient (Wildman–Crippen LogP) is 2.04. The summed E-state index contributed by atoms with van der Waals surface area (Å²) in [6.45, 7) is 5.81. The van der Waals surface area contributed by atoms with Gasteiger partial charge in [-0.05, 0) is 44.5 Å². The summed E-state index contributed by atoms with van der Waals surface area (Å²) < 4.78 is 5.26. The van der Waals surface area contributed by atoms with Gasteiger partial charge in [-0.1, -0.05) is 6.07 Å². The molecule has 0 amide bonds. The Kier molecular flexibility index (Phi) is 3.45. The van der Waals surface area contributed by atoms with Crippen LogP contribution in [-0.2, 0) is 6.54 Å². The maximum absolute atomic E-state index is 5.91. The Balaban J connectivity index is 1.86. The molecule has 1 heterocycles. The molecular weight excluding hydrogens is 214 g/mol. The first-order valence-electron chi connectivity index (χ1n) is 5.86. The highest BCUT2D eigenvalue weighted by Crippen LogP contribution is 2.14. The smallest absolute Gasteiger partial charge is 0.181 e. The highest BCUT2D eigenvalue weighted by atomic mass is 16.3. The Hall–Kier alpha value is -1.39. The minimum Gasteiger partial charge on any atom is -0.443 e. The normalized spacial score (nSPS) is 12.2. The van der Waals surface area contributed by atoms with Crippen LogP contribution in [0.1, 0.15) is 25.8 Å². The topological polar surface area (TPSA) is 64.1 Å². The molecule has 0 radical (unpaired) electrons. The zero-order valence-electron chi connectivity index (χ0n) is 10.4. The van der Waals surface area contributed by atoms with Crippen molar-refractivity contribution in [2.24, 2.45) is 5.73 Å². The average Bonchev–Trinajstić information content (AvgIpc) is 2.70. The maximum atomic E-state index is 5.91. The van der Waals surface area contributed by atoms with Crippen molar-refractivity contribution in [1.29, 1.82) is 0 Å². The van der Waals surface area contributed by atoms with Crippen LogP contribution in [0.3, 0.4) is 0 Å². The van der Waals surface area contributed by atoms with Crippen molar-refractivity contribution in [2.45, 2.75) is 32.4 Å². The van der Waals surface area contributed by atoms with Gasteiger partial charge in [0.1, 0.15) is 5.52 Å². The van der Waals surface area contributed by atoms with Gasteiger partial charge in [0.25, 0.3) is 0 Å². The largest absolute Gasteiger partial charge is 0.443 e. The van der Waals surface area contributed by atoms with Crippen molar-refractivity contribution >= 4 is 11.1 Å². The first-order valence-corrected chi connectivity index (χ1v) is 5.86. The van der Waals surface area contributed by atoms with Crippen LogP contribution in [-0.4, -0.2) is 17.1 Å². The molecule has 0 aliphatic carbocycles. The summed E-state index contributed by atoms with van der Waals surface area (Å²) in [5.41, 5.74) is 8.74. The third-order valence-corrected chi connectivity index (χ3v) is 2.67. The lowest BCUT2D eigenvalue weighted by atomic mass is 10.0. The van der Waals surface area contributed by atoms with Crippen LogP contribution in [0.15, 0.2) is 29.0 Å². The second-order valence-corrected chi connectivity index (χ2v) is 5.07. The zero-order valence-corrected chi connectivity index (χ0v) is 10.4. The summed E-state index contributed by atoms with van der Waals surface area (Å²) in [5.74, 6) is 0. The molecule has 2 rings (SSSR count). The van der Waals surface area contributed by atoms with Crippen LogP contribution in [0.5, 0.6) is 0 Å². The monoisotopic (exact) mass is 233 g/mol. The van der Waals surface area contributed by atoms with Crippen LogP contribution in [0.4, 0.5) is 0 Å². The first kappa shape index (κ1) is 12.1. The summed E-state index contributed by atoms with van der Waals surface area (Å²) in [6, 6.07) is 6.05. The van der Waals surface area contributed by atoms with Gasteiger partial charge < -0.3 is 15.5 Å². The molecule has 4 nitrogen and oxygen atoms in total. The molecule has 17 heavy (non-hydrogen) atoms. The molecule has 0 unspecified atom stereocenters. The zero-order chi connectivity index (χ0) is 12.3. The van der Waals surface area contributed by atoms with E-state index in [-0.39, 0.29) is 5.54 Å². The van der Waals surface area contributed by atoms with Gasteiger partial charge in [-0.15, -0.1) is 0 Å². The Labute approximate surface area is 101 Å². The van der Waals surface area contributed by atoms with Gasteiger partial charge in [-0.25, -0.2) is 4.98 Å². The van der Waals surface area contributed by atoms with Crippen molar-refractivity contribution < 1.29 is 4.42 Å². The minimum absolute atomic E-state index is 0.109. The summed E-state index contributed by atoms with van der Waals surface area (Å²) in [6.07, 6.45) is 2.43. The molecule has 2 aromatic rings. The highest BCUT2D eigenvalue weighted by Gasteiger charge is 2.09. The van der Waals surface area contributed by atoms with Crippen molar-refractivity contribution in [3.8, 4) is 0 Å². The quantitative estimate of drug-likeness (QED) is 0.776. The molecular formula is C13H19N3O. The molecule has 1 aromatic heterocycles. The molecule has 0 aliphatic rings. The lowest BCUT2D eigenvalue weighted by Gasteiger charge is -2.18. The van der Waals surface area contributed by atoms with Gasteiger partial charge in [-0.3, -0.25) is 0 Å². The summed E-state index contributed by atoms with van der Waals surface area (Å²) >= 11 is 0. The standard InChI is InChI=1S/C13H19N3O/c1-13(2,14)5-6-15-8-10-3-4-11-12(7-10)17-9-16-11/h3-4,7,9,15H,5-6,8,14H2,1-2H3. The third kappa shape index (κ3) is 3.54. The van der Waals surface area contributed by atoms with E-state index in [0.717, 1.165) is 30.6 Å². The highest BCUT2D eigenvalue weighted by molar-refractivity contribution is 5.72. The van der Waals surface area contributed by atoms with Crippen molar-refractivity contribution in [2.75, 3.05) is 6.54 Å². The maximum Gasteiger partial charge on any atom is 0.181 e. The molecule has 0 spiro atoms. The lowest BCUT2D eigenvalue weighted by molar-refractivity contribution is 0.455. The number of nitrogens with one attached hydrogen (secondary N) is 1. The van der Waals surface area contributed by atoms with Gasteiger partial charge >= 0.3 is 0 Å². The van der Waals surface area contributed by atoms with Gasteiger partial charge in [0, 0.05) is 12.1 Å². The second kappa shape index (κ2) is 4.85. The van der Waals surface area contributed by atoms with Gasteiger partial charge in [0.2, 0.25) is 0 Å². The number of benzene rings is 1. The molecule has 92 valence electrons. The van der Waals surface area contributed by atoms with Gasteiger partial charge in [-0.2, -0.15) is 0 Å². The van der Waals surface area contributed by atoms with Crippen LogP contribution in [0, 0.1) is 0 Å². The molecule has 0 saturated heterocycles. The molecule has 0 saturated carbocycles. The average molecular weight is 233 g/mol. The predicted molar refractivity (Wildman–Crippen MR) is 68.6 cm³/mol. The van der Waals surface area contributed by atoms with E-state index in [1.807, 2.05) is 26.0 Å². The number of hydrogen-bond donors (Lipinski definition) is 2. The molecule has 0 aliphatic heterocycles. The number of oxazole rings is 1. The minimum atomic E-state index is -0.109. The molecule has 0 fully saturated rings. The number of nitrogens with two attached hydrogens (primary N) is 1. The molecule has 0 atom stereocenters. The number of nitrogens with zero attached hydrogens (tertiary/aromatic N) is 1. The van der Waals surface area contributed by atoms with Crippen molar-refractivity contribution in [3.05, 3.63) is 30.2 Å². The third-order valence-electron chi connectivity index (χ3n) is 2.67. The Morgan fingerprint density at radius 1 is 1.41 bits per heavy atom. The Bertz CT molecular complexity index is 485. The van der Waals surface area contributed by atoms with Gasteiger partial charge in [0.05, 0.1) is 0 Å². The number of hydrogen-bond acceptors (Lipinski definition) is 4. The summed E-state index contributed by atoms with van der Waals surface area (Å²) in [7, 11) is 0. The second-order valence-electron chi connectivity index (χ2n) is 5.07. The molecule has 4 heteroatoms. The first-order chi connectivity index (χ1) is 8.04. The lowest BCUT2D eigenvalue weighted by Crippen LogP contribution is -2.35. The van der Waals surface area contributed by atoms with Crippen LogP contribution < -0.4 is 11.1 Å². The fraction of sp³-hybridized carbons (Fsp3) is 0.462. The number of fused-ring (bicyclic) bond motifs is 1. The van der Waals surface area contributed by atoms with E-state index < -0.39 is 0 Å². The fourth-order valence-corrected chi connectivity index (χ4v) is 1.65. The van der Waals surface area contributed by atoms with E-state index in [1.54, 1.807) is 0 Å². The van der Waals surface area contributed by atoms with E-state index in [4.69, 9.17) is 10.2 Å². The summed E-state index contributed by atoms with van der Waals surface area (Å²) in [4.78, 5) is 4.08. The number of rotatable bonds is 5. The summed E-state index contributed by atoms with van der Waals surface area (Å²) in [5, 5.41) is 3.37. The van der Waals surface area contributed by atoms with Crippen molar-refractivity contribution in [3.63, 3.8) is 0 Å². The number of aromatic nitrogens is 1. The van der Waals surface area contributed by atoms with E-state index in [9.17, 15) is 0 Å².